The quantitative estimate of drug-likeness (QED) is 0.167. The minimum atomic E-state index is 0.392. The minimum Gasteiger partial charge on any atom is -0.310 e. The molecule has 13 rings (SSSR count). The first kappa shape index (κ1) is 32.9. The third kappa shape index (κ3) is 5.37. The largest absolute Gasteiger partial charge is 0.310 e. The first-order chi connectivity index (χ1) is 27.6. The van der Waals surface area contributed by atoms with Gasteiger partial charge in [0.15, 0.2) is 0 Å². The van der Waals surface area contributed by atoms with E-state index in [1.807, 2.05) is 23.1 Å². The molecule has 0 unspecified atom stereocenters. The highest BCUT2D eigenvalue weighted by Crippen LogP contribution is 2.61. The summed E-state index contributed by atoms with van der Waals surface area (Å²) in [5.74, 6) is 2.82. The molecular formula is C52H42N2S2. The van der Waals surface area contributed by atoms with E-state index in [4.69, 9.17) is 0 Å². The Labute approximate surface area is 337 Å². The molecule has 5 aliphatic rings. The van der Waals surface area contributed by atoms with Crippen molar-refractivity contribution in [3.8, 4) is 11.1 Å². The van der Waals surface area contributed by atoms with E-state index in [0.29, 0.717) is 5.41 Å². The lowest BCUT2D eigenvalue weighted by atomic mass is 9.48. The van der Waals surface area contributed by atoms with Gasteiger partial charge >= 0.3 is 0 Å². The van der Waals surface area contributed by atoms with Crippen molar-refractivity contribution < 1.29 is 0 Å². The molecule has 8 aromatic rings. The van der Waals surface area contributed by atoms with E-state index in [1.54, 1.807) is 5.56 Å². The van der Waals surface area contributed by atoms with Gasteiger partial charge in [-0.1, -0.05) is 90.6 Å². The number of hydrogen-bond donors (Lipinski definition) is 0. The molecule has 4 fully saturated rings. The van der Waals surface area contributed by atoms with Gasteiger partial charge in [0.05, 0.1) is 11.4 Å². The van der Waals surface area contributed by atoms with Crippen LogP contribution in [-0.4, -0.2) is 0 Å². The zero-order valence-electron chi connectivity index (χ0n) is 31.3. The summed E-state index contributed by atoms with van der Waals surface area (Å²) in [7, 11) is 0. The summed E-state index contributed by atoms with van der Waals surface area (Å²) in [6.07, 6.45) is 8.61. The lowest BCUT2D eigenvalue weighted by Crippen LogP contribution is -2.48. The topological polar surface area (TPSA) is 6.48 Å². The van der Waals surface area contributed by atoms with Crippen LogP contribution in [0.25, 0.3) is 31.3 Å². The molecule has 0 radical (unpaired) electrons. The molecule has 272 valence electrons. The third-order valence-corrected chi connectivity index (χ3v) is 15.7. The number of fused-ring (bicyclic) bond motifs is 5. The lowest BCUT2D eigenvalue weighted by Gasteiger charge is -2.57. The summed E-state index contributed by atoms with van der Waals surface area (Å²) in [6.45, 7) is 0. The molecule has 0 saturated heterocycles. The maximum Gasteiger partial charge on any atom is 0.0601 e. The smallest absolute Gasteiger partial charge is 0.0601 e. The molecule has 0 N–H and O–H groups in total. The first-order valence-corrected chi connectivity index (χ1v) is 22.0. The van der Waals surface area contributed by atoms with E-state index in [-0.39, 0.29) is 0 Å². The number of benzene rings is 7. The monoisotopic (exact) mass is 758 g/mol. The molecule has 0 spiro atoms. The number of thiophene rings is 1. The van der Waals surface area contributed by atoms with E-state index in [9.17, 15) is 0 Å². The molecule has 4 heteroatoms. The highest BCUT2D eigenvalue weighted by molar-refractivity contribution is 7.99. The molecule has 2 heterocycles. The van der Waals surface area contributed by atoms with E-state index >= 15 is 0 Å². The van der Waals surface area contributed by atoms with E-state index in [1.165, 1.54) is 114 Å². The van der Waals surface area contributed by atoms with Gasteiger partial charge in [-0.15, -0.1) is 11.3 Å². The number of hydrogen-bond acceptors (Lipinski definition) is 4. The second kappa shape index (κ2) is 12.9. The molecule has 4 aliphatic carbocycles. The molecule has 2 nitrogen and oxygen atoms in total. The second-order valence-electron chi connectivity index (χ2n) is 16.8. The Morgan fingerprint density at radius 1 is 0.482 bits per heavy atom. The maximum absolute atomic E-state index is 2.49. The first-order valence-electron chi connectivity index (χ1n) is 20.3. The van der Waals surface area contributed by atoms with Gasteiger partial charge in [0.25, 0.3) is 0 Å². The fraction of sp³-hybridized carbons (Fsp3) is 0.192. The predicted molar refractivity (Wildman–Crippen MR) is 238 cm³/mol. The molecule has 4 saturated carbocycles. The minimum absolute atomic E-state index is 0.392. The van der Waals surface area contributed by atoms with Gasteiger partial charge < -0.3 is 9.80 Å². The Hall–Kier alpha value is -5.29. The number of anilines is 6. The van der Waals surface area contributed by atoms with Gasteiger partial charge in [-0.2, -0.15) is 0 Å². The van der Waals surface area contributed by atoms with Crippen LogP contribution in [0.5, 0.6) is 0 Å². The Morgan fingerprint density at radius 3 is 1.64 bits per heavy atom. The standard InChI is InChI=1S/C52H42N2S2/c1-4-10-48-44(7-1)45-30-43(25-26-49(45)55-48)53(41-23-17-39(18-24-41)52-31-34-27-35(32-52)29-36(28-34)33-52)40-19-13-37(14-20-40)38-15-21-42(22-16-38)54-46-8-2-5-11-50(46)56-51-12-6-3-9-47(51)54/h1-26,30,34-36H,27-29,31-33H2. The summed E-state index contributed by atoms with van der Waals surface area (Å²) in [5.41, 5.74) is 11.6. The fourth-order valence-electron chi connectivity index (χ4n) is 11.3. The Kier molecular flexibility index (Phi) is 7.57. The zero-order chi connectivity index (χ0) is 36.8. The fourth-order valence-corrected chi connectivity index (χ4v) is 13.5. The predicted octanol–water partition coefficient (Wildman–Crippen LogP) is 15.6. The number of rotatable bonds is 6. The van der Waals surface area contributed by atoms with Crippen LogP contribution in [0.15, 0.2) is 174 Å². The molecule has 0 amide bonds. The summed E-state index contributed by atoms with van der Waals surface area (Å²) in [5, 5.41) is 2.66. The van der Waals surface area contributed by atoms with Crippen LogP contribution in [0, 0.1) is 17.8 Å². The normalized spacial score (nSPS) is 22.0. The SMILES string of the molecule is c1ccc2c(c1)Sc1ccccc1N2c1ccc(-c2ccc(N(c3ccc(C45CC6CC(CC(C6)C4)C5)cc3)c3ccc4sc5ccccc5c4c3)cc2)cc1. The van der Waals surface area contributed by atoms with Crippen LogP contribution in [0.3, 0.4) is 0 Å². The van der Waals surface area contributed by atoms with Gasteiger partial charge in [0.1, 0.15) is 0 Å². The van der Waals surface area contributed by atoms with Crippen LogP contribution in [-0.2, 0) is 5.41 Å². The van der Waals surface area contributed by atoms with Crippen LogP contribution in [0.1, 0.15) is 44.1 Å². The van der Waals surface area contributed by atoms with Gasteiger partial charge in [-0.25, -0.2) is 0 Å². The number of para-hydroxylation sites is 2. The van der Waals surface area contributed by atoms with Crippen molar-refractivity contribution in [2.24, 2.45) is 17.8 Å². The van der Waals surface area contributed by atoms with E-state index in [0.717, 1.165) is 17.8 Å². The van der Waals surface area contributed by atoms with Crippen molar-refractivity contribution >= 4 is 77.4 Å². The average molecular weight is 759 g/mol. The molecule has 7 aromatic carbocycles. The molecular weight excluding hydrogens is 717 g/mol. The summed E-state index contributed by atoms with van der Waals surface area (Å²) >= 11 is 3.73. The van der Waals surface area contributed by atoms with Crippen LogP contribution in [0.2, 0.25) is 0 Å². The Bertz CT molecular complexity index is 2680. The van der Waals surface area contributed by atoms with Gasteiger partial charge in [0, 0.05) is 52.7 Å². The summed E-state index contributed by atoms with van der Waals surface area (Å²) < 4.78 is 2.68. The van der Waals surface area contributed by atoms with Crippen molar-refractivity contribution in [1.29, 1.82) is 0 Å². The molecule has 56 heavy (non-hydrogen) atoms. The van der Waals surface area contributed by atoms with Gasteiger partial charge in [-0.3, -0.25) is 0 Å². The molecule has 4 bridgehead atoms. The Balaban J connectivity index is 0.899. The third-order valence-electron chi connectivity index (χ3n) is 13.4. The second-order valence-corrected chi connectivity index (χ2v) is 19.0. The van der Waals surface area contributed by atoms with Gasteiger partial charge in [0.2, 0.25) is 0 Å². The summed E-state index contributed by atoms with van der Waals surface area (Å²) in [6, 6.07) is 61.4. The van der Waals surface area contributed by atoms with Gasteiger partial charge in [-0.05, 0) is 163 Å². The van der Waals surface area contributed by atoms with Crippen molar-refractivity contribution in [2.45, 2.75) is 53.7 Å². The average Bonchev–Trinajstić information content (AvgIpc) is 3.61. The van der Waals surface area contributed by atoms with Crippen LogP contribution >= 0.6 is 23.1 Å². The van der Waals surface area contributed by atoms with Crippen LogP contribution in [0.4, 0.5) is 34.1 Å². The number of nitrogens with zero attached hydrogens (tertiary/aromatic N) is 2. The van der Waals surface area contributed by atoms with Crippen molar-refractivity contribution in [3.63, 3.8) is 0 Å². The van der Waals surface area contributed by atoms with Crippen molar-refractivity contribution in [1.82, 2.24) is 0 Å². The zero-order valence-corrected chi connectivity index (χ0v) is 32.9. The van der Waals surface area contributed by atoms with Crippen LogP contribution < -0.4 is 9.80 Å². The highest BCUT2D eigenvalue weighted by atomic mass is 32.2. The van der Waals surface area contributed by atoms with Crippen molar-refractivity contribution in [3.05, 3.63) is 169 Å². The molecule has 1 aliphatic heterocycles. The summed E-state index contributed by atoms with van der Waals surface area (Å²) in [4.78, 5) is 7.42. The maximum atomic E-state index is 2.49. The Morgan fingerprint density at radius 2 is 1.00 bits per heavy atom. The lowest BCUT2D eigenvalue weighted by molar-refractivity contribution is -0.00518. The molecule has 1 aromatic heterocycles. The highest BCUT2D eigenvalue weighted by Gasteiger charge is 2.51. The van der Waals surface area contributed by atoms with E-state index in [2.05, 4.69) is 174 Å². The van der Waals surface area contributed by atoms with E-state index < -0.39 is 0 Å². The van der Waals surface area contributed by atoms with Crippen molar-refractivity contribution in [2.75, 3.05) is 9.80 Å². The molecule has 0 atom stereocenters.